The Morgan fingerprint density at radius 3 is 3.05 bits per heavy atom. The number of tetrazole rings is 1. The lowest BCUT2D eigenvalue weighted by molar-refractivity contribution is -0.117. The van der Waals surface area contributed by atoms with Crippen molar-refractivity contribution in [2.45, 2.75) is 18.9 Å². The summed E-state index contributed by atoms with van der Waals surface area (Å²) in [6, 6.07) is 7.33. The first-order valence-electron chi connectivity index (χ1n) is 6.20. The molecule has 8 heteroatoms. The zero-order valence-corrected chi connectivity index (χ0v) is 11.5. The van der Waals surface area contributed by atoms with Gasteiger partial charge in [-0.05, 0) is 48.0 Å². The molecular weight excluding hydrogens is 280 g/mol. The molecule has 1 amide bonds. The van der Waals surface area contributed by atoms with Gasteiger partial charge in [-0.2, -0.15) is 0 Å². The van der Waals surface area contributed by atoms with Crippen molar-refractivity contribution in [3.8, 4) is 5.69 Å². The van der Waals surface area contributed by atoms with Crippen LogP contribution in [-0.2, 0) is 4.79 Å². The van der Waals surface area contributed by atoms with Crippen molar-refractivity contribution in [2.24, 2.45) is 0 Å². The zero-order chi connectivity index (χ0) is 13.1. The number of carbonyl (C=O) groups excluding carboxylic acids is 1. The van der Waals surface area contributed by atoms with Gasteiger partial charge in [-0.25, -0.2) is 4.68 Å². The minimum absolute atomic E-state index is 0. The number of aromatic nitrogens is 4. The Balaban J connectivity index is 0.00000147. The Hall–Kier alpha value is -1.99. The maximum Gasteiger partial charge on any atom is 0.241 e. The van der Waals surface area contributed by atoms with Crippen molar-refractivity contribution < 1.29 is 4.79 Å². The molecule has 0 radical (unpaired) electrons. The fourth-order valence-corrected chi connectivity index (χ4v) is 2.14. The van der Waals surface area contributed by atoms with E-state index in [0.29, 0.717) is 0 Å². The first-order valence-corrected chi connectivity index (χ1v) is 6.20. The van der Waals surface area contributed by atoms with Crippen molar-refractivity contribution in [2.75, 3.05) is 11.9 Å². The van der Waals surface area contributed by atoms with Crippen LogP contribution in [0.5, 0.6) is 0 Å². The number of nitrogens with one attached hydrogen (secondary N) is 2. The van der Waals surface area contributed by atoms with Gasteiger partial charge in [0.15, 0.2) is 0 Å². The zero-order valence-electron chi connectivity index (χ0n) is 10.7. The van der Waals surface area contributed by atoms with E-state index in [9.17, 15) is 4.79 Å². The number of halogens is 1. The van der Waals surface area contributed by atoms with Crippen molar-refractivity contribution in [3.05, 3.63) is 30.6 Å². The highest BCUT2D eigenvalue weighted by Crippen LogP contribution is 2.15. The summed E-state index contributed by atoms with van der Waals surface area (Å²) in [5.74, 6) is 0.00589. The van der Waals surface area contributed by atoms with Gasteiger partial charge in [0.1, 0.15) is 6.33 Å². The van der Waals surface area contributed by atoms with Gasteiger partial charge < -0.3 is 10.6 Å². The first-order chi connectivity index (χ1) is 9.33. The molecule has 7 nitrogen and oxygen atoms in total. The fraction of sp³-hybridized carbons (Fsp3) is 0.333. The van der Waals surface area contributed by atoms with E-state index in [2.05, 4.69) is 26.2 Å². The Morgan fingerprint density at radius 1 is 1.45 bits per heavy atom. The monoisotopic (exact) mass is 294 g/mol. The second-order valence-electron chi connectivity index (χ2n) is 4.44. The van der Waals surface area contributed by atoms with E-state index in [1.807, 2.05) is 24.3 Å². The molecule has 106 valence electrons. The van der Waals surface area contributed by atoms with Crippen LogP contribution in [0.1, 0.15) is 12.8 Å². The van der Waals surface area contributed by atoms with E-state index in [1.54, 1.807) is 4.68 Å². The standard InChI is InChI=1S/C12H14N6O.ClH/c19-12(11-5-2-6-13-11)15-9-3-1-4-10(7-9)18-8-14-16-17-18;/h1,3-4,7-8,11,13H,2,5-6H2,(H,15,19);1H. The van der Waals surface area contributed by atoms with E-state index in [1.165, 1.54) is 6.33 Å². The molecule has 1 aromatic carbocycles. The average Bonchev–Trinajstić information content (AvgIpc) is 3.13. The van der Waals surface area contributed by atoms with Crippen LogP contribution >= 0.6 is 12.4 Å². The van der Waals surface area contributed by atoms with Gasteiger partial charge >= 0.3 is 0 Å². The van der Waals surface area contributed by atoms with Gasteiger partial charge in [0.2, 0.25) is 5.91 Å². The summed E-state index contributed by atoms with van der Waals surface area (Å²) in [4.78, 5) is 12.0. The lowest BCUT2D eigenvalue weighted by Gasteiger charge is -2.11. The summed E-state index contributed by atoms with van der Waals surface area (Å²) >= 11 is 0. The number of amides is 1. The number of rotatable bonds is 3. The summed E-state index contributed by atoms with van der Waals surface area (Å²) in [6.07, 6.45) is 3.45. The highest BCUT2D eigenvalue weighted by Gasteiger charge is 2.21. The van der Waals surface area contributed by atoms with Crippen molar-refractivity contribution in [1.82, 2.24) is 25.5 Å². The Bertz CT molecular complexity index is 567. The van der Waals surface area contributed by atoms with E-state index in [-0.39, 0.29) is 24.4 Å². The quantitative estimate of drug-likeness (QED) is 0.873. The van der Waals surface area contributed by atoms with Crippen molar-refractivity contribution in [3.63, 3.8) is 0 Å². The molecule has 0 aliphatic carbocycles. The van der Waals surface area contributed by atoms with Crippen LogP contribution in [0.2, 0.25) is 0 Å². The minimum Gasteiger partial charge on any atom is -0.325 e. The molecule has 20 heavy (non-hydrogen) atoms. The molecule has 1 aliphatic heterocycles. The first kappa shape index (κ1) is 14.4. The van der Waals surface area contributed by atoms with Gasteiger partial charge in [-0.1, -0.05) is 6.07 Å². The molecule has 0 spiro atoms. The summed E-state index contributed by atoms with van der Waals surface area (Å²) in [6.45, 7) is 0.906. The molecule has 1 unspecified atom stereocenters. The molecule has 1 aromatic heterocycles. The molecule has 2 N–H and O–H groups in total. The second kappa shape index (κ2) is 6.44. The van der Waals surface area contributed by atoms with Gasteiger partial charge in [-0.15, -0.1) is 17.5 Å². The predicted molar refractivity (Wildman–Crippen MR) is 76.1 cm³/mol. The third kappa shape index (κ3) is 3.12. The highest BCUT2D eigenvalue weighted by atomic mass is 35.5. The average molecular weight is 295 g/mol. The Kier molecular flexibility index (Phi) is 4.65. The SMILES string of the molecule is Cl.O=C(Nc1cccc(-n2cnnn2)c1)C1CCCN1. The summed E-state index contributed by atoms with van der Waals surface area (Å²) in [5.41, 5.74) is 1.55. The number of benzene rings is 1. The van der Waals surface area contributed by atoms with E-state index < -0.39 is 0 Å². The van der Waals surface area contributed by atoms with Crippen LogP contribution in [-0.4, -0.2) is 38.7 Å². The molecule has 1 atom stereocenters. The van der Waals surface area contributed by atoms with Crippen molar-refractivity contribution >= 4 is 24.0 Å². The summed E-state index contributed by atoms with van der Waals surface area (Å²) < 4.78 is 1.55. The Morgan fingerprint density at radius 2 is 2.35 bits per heavy atom. The Labute approximate surface area is 122 Å². The van der Waals surface area contributed by atoms with Crippen LogP contribution in [0.15, 0.2) is 30.6 Å². The largest absolute Gasteiger partial charge is 0.325 e. The molecular formula is C12H15ClN6O. The highest BCUT2D eigenvalue weighted by molar-refractivity contribution is 5.95. The maximum absolute atomic E-state index is 12.0. The van der Waals surface area contributed by atoms with Gasteiger partial charge in [0.05, 0.1) is 11.7 Å². The lowest BCUT2D eigenvalue weighted by atomic mass is 10.2. The normalized spacial score (nSPS) is 17.5. The fourth-order valence-electron chi connectivity index (χ4n) is 2.14. The number of hydrogen-bond donors (Lipinski definition) is 2. The number of anilines is 1. The number of carbonyl (C=O) groups is 1. The van der Waals surface area contributed by atoms with Crippen LogP contribution in [0.3, 0.4) is 0 Å². The second-order valence-corrected chi connectivity index (χ2v) is 4.44. The third-order valence-corrected chi connectivity index (χ3v) is 3.10. The van der Waals surface area contributed by atoms with E-state index >= 15 is 0 Å². The molecule has 0 bridgehead atoms. The van der Waals surface area contributed by atoms with Gasteiger partial charge in [-0.3, -0.25) is 4.79 Å². The minimum atomic E-state index is -0.0864. The van der Waals surface area contributed by atoms with Gasteiger partial charge in [0.25, 0.3) is 0 Å². The molecule has 2 heterocycles. The van der Waals surface area contributed by atoms with Gasteiger partial charge in [0, 0.05) is 5.69 Å². The molecule has 1 fully saturated rings. The molecule has 0 saturated carbocycles. The van der Waals surface area contributed by atoms with Crippen LogP contribution in [0, 0.1) is 0 Å². The third-order valence-electron chi connectivity index (χ3n) is 3.10. The van der Waals surface area contributed by atoms with Crippen molar-refractivity contribution in [1.29, 1.82) is 0 Å². The van der Waals surface area contributed by atoms with Crippen LogP contribution in [0.4, 0.5) is 5.69 Å². The number of hydrogen-bond acceptors (Lipinski definition) is 5. The van der Waals surface area contributed by atoms with E-state index in [0.717, 1.165) is 30.8 Å². The lowest BCUT2D eigenvalue weighted by Crippen LogP contribution is -2.35. The predicted octanol–water partition coefficient (Wildman–Crippen LogP) is 0.775. The maximum atomic E-state index is 12.0. The molecule has 1 aliphatic rings. The molecule has 1 saturated heterocycles. The summed E-state index contributed by atoms with van der Waals surface area (Å²) in [7, 11) is 0. The molecule has 3 rings (SSSR count). The van der Waals surface area contributed by atoms with Crippen LogP contribution < -0.4 is 10.6 Å². The van der Waals surface area contributed by atoms with Crippen LogP contribution in [0.25, 0.3) is 5.69 Å². The molecule has 2 aromatic rings. The summed E-state index contributed by atoms with van der Waals surface area (Å²) in [5, 5.41) is 17.1. The topological polar surface area (TPSA) is 84.7 Å². The number of nitrogens with zero attached hydrogens (tertiary/aromatic N) is 4. The van der Waals surface area contributed by atoms with E-state index in [4.69, 9.17) is 0 Å². The smallest absolute Gasteiger partial charge is 0.241 e.